The van der Waals surface area contributed by atoms with Gasteiger partial charge in [-0.1, -0.05) is 12.1 Å². The van der Waals surface area contributed by atoms with E-state index in [-0.39, 0.29) is 11.1 Å². The van der Waals surface area contributed by atoms with Crippen LogP contribution in [0.4, 0.5) is 8.78 Å². The fourth-order valence-corrected chi connectivity index (χ4v) is 1.82. The van der Waals surface area contributed by atoms with Crippen molar-refractivity contribution in [3.05, 3.63) is 58.5 Å². The number of aryl methyl sites for hydroxylation is 2. The highest BCUT2D eigenvalue weighted by Gasteiger charge is 2.22. The molecule has 5 heteroatoms. The lowest BCUT2D eigenvalue weighted by atomic mass is 10.0. The zero-order chi connectivity index (χ0) is 13.3. The summed E-state index contributed by atoms with van der Waals surface area (Å²) in [5.41, 5.74) is 2.81. The molecule has 3 nitrogen and oxygen atoms in total. The van der Waals surface area contributed by atoms with E-state index in [9.17, 15) is 8.78 Å². The van der Waals surface area contributed by atoms with Crippen molar-refractivity contribution in [2.45, 2.75) is 19.9 Å². The summed E-state index contributed by atoms with van der Waals surface area (Å²) in [6, 6.07) is 5.71. The van der Waals surface area contributed by atoms with Crippen molar-refractivity contribution in [1.29, 1.82) is 0 Å². The number of hydrogen-bond donors (Lipinski definition) is 2. The Bertz CT molecular complexity index is 566. The fraction of sp³-hybridized carbons (Fsp3) is 0.231. The van der Waals surface area contributed by atoms with Gasteiger partial charge in [0.25, 0.3) is 0 Å². The van der Waals surface area contributed by atoms with E-state index in [0.717, 1.165) is 0 Å². The first kappa shape index (κ1) is 12.7. The summed E-state index contributed by atoms with van der Waals surface area (Å²) in [5.74, 6) is 4.75. The molecule has 1 heterocycles. The van der Waals surface area contributed by atoms with Gasteiger partial charge in [0.15, 0.2) is 11.6 Å². The van der Waals surface area contributed by atoms with E-state index in [1.165, 1.54) is 19.1 Å². The zero-order valence-electron chi connectivity index (χ0n) is 10.1. The second kappa shape index (κ2) is 4.88. The third-order valence-corrected chi connectivity index (χ3v) is 2.83. The molecule has 2 rings (SSSR count). The topological polar surface area (TPSA) is 51.2 Å². The molecule has 0 bridgehead atoms. The van der Waals surface area contributed by atoms with Gasteiger partial charge in [-0.2, -0.15) is 0 Å². The summed E-state index contributed by atoms with van der Waals surface area (Å²) in [7, 11) is 0. The molecule has 0 spiro atoms. The van der Waals surface area contributed by atoms with Gasteiger partial charge in [-0.3, -0.25) is 5.84 Å². The molecule has 96 valence electrons. The Labute approximate surface area is 104 Å². The van der Waals surface area contributed by atoms with Gasteiger partial charge in [-0.25, -0.2) is 14.2 Å². The third kappa shape index (κ3) is 2.14. The first-order chi connectivity index (χ1) is 8.54. The largest absolute Gasteiger partial charge is 0.464 e. The van der Waals surface area contributed by atoms with Crippen molar-refractivity contribution in [3.8, 4) is 0 Å². The van der Waals surface area contributed by atoms with Crippen LogP contribution >= 0.6 is 0 Å². The van der Waals surface area contributed by atoms with Crippen molar-refractivity contribution in [2.24, 2.45) is 5.84 Å². The number of furan rings is 1. The summed E-state index contributed by atoms with van der Waals surface area (Å²) in [5, 5.41) is 0. The van der Waals surface area contributed by atoms with E-state index in [4.69, 9.17) is 10.3 Å². The van der Waals surface area contributed by atoms with Crippen LogP contribution in [0.15, 0.2) is 28.7 Å². The Hall–Kier alpha value is -1.72. The summed E-state index contributed by atoms with van der Waals surface area (Å²) in [4.78, 5) is 0. The van der Waals surface area contributed by atoms with Crippen molar-refractivity contribution >= 4 is 0 Å². The number of nitrogens with two attached hydrogens (primary N) is 1. The molecule has 18 heavy (non-hydrogen) atoms. The number of halogens is 2. The molecular formula is C13H14F2N2O. The van der Waals surface area contributed by atoms with Crippen LogP contribution < -0.4 is 11.3 Å². The molecule has 0 radical (unpaired) electrons. The molecule has 1 atom stereocenters. The highest BCUT2D eigenvalue weighted by molar-refractivity contribution is 5.32. The molecule has 1 aromatic carbocycles. The normalized spacial score (nSPS) is 12.7. The Balaban J connectivity index is 2.49. The molecule has 0 aliphatic rings. The molecule has 3 N–H and O–H groups in total. The van der Waals surface area contributed by atoms with Crippen LogP contribution in [-0.4, -0.2) is 0 Å². The van der Waals surface area contributed by atoms with Gasteiger partial charge >= 0.3 is 0 Å². The molecule has 0 saturated carbocycles. The molecule has 1 aromatic heterocycles. The number of nitrogens with one attached hydrogen (secondary N) is 1. The number of hydrogen-bond acceptors (Lipinski definition) is 3. The van der Waals surface area contributed by atoms with E-state index in [1.807, 2.05) is 0 Å². The van der Waals surface area contributed by atoms with Crippen LogP contribution in [0.2, 0.25) is 0 Å². The zero-order valence-corrected chi connectivity index (χ0v) is 10.1. The van der Waals surface area contributed by atoms with Crippen molar-refractivity contribution in [2.75, 3.05) is 0 Å². The molecular weight excluding hydrogens is 238 g/mol. The SMILES string of the molecule is Cc1ccc(C(NN)c2ccc(C)c(F)c2F)o1. The molecule has 0 amide bonds. The highest BCUT2D eigenvalue weighted by Crippen LogP contribution is 2.27. The molecule has 0 aliphatic heterocycles. The Morgan fingerprint density at radius 3 is 2.39 bits per heavy atom. The van der Waals surface area contributed by atoms with Crippen LogP contribution in [0, 0.1) is 25.5 Å². The maximum atomic E-state index is 13.9. The minimum atomic E-state index is -0.910. The van der Waals surface area contributed by atoms with E-state index in [1.54, 1.807) is 19.1 Å². The molecule has 1 unspecified atom stereocenters. The number of hydrazine groups is 1. The second-order valence-corrected chi connectivity index (χ2v) is 4.15. The number of benzene rings is 1. The van der Waals surface area contributed by atoms with Crippen LogP contribution in [0.3, 0.4) is 0 Å². The van der Waals surface area contributed by atoms with Crippen molar-refractivity contribution in [1.82, 2.24) is 5.43 Å². The maximum Gasteiger partial charge on any atom is 0.164 e. The maximum absolute atomic E-state index is 13.9. The minimum absolute atomic E-state index is 0.120. The van der Waals surface area contributed by atoms with Crippen LogP contribution in [-0.2, 0) is 0 Å². The van der Waals surface area contributed by atoms with Gasteiger partial charge in [0.1, 0.15) is 17.6 Å². The highest BCUT2D eigenvalue weighted by atomic mass is 19.2. The van der Waals surface area contributed by atoms with E-state index >= 15 is 0 Å². The quantitative estimate of drug-likeness (QED) is 0.652. The predicted molar refractivity (Wildman–Crippen MR) is 63.7 cm³/mol. The van der Waals surface area contributed by atoms with Gasteiger partial charge < -0.3 is 4.42 Å². The summed E-state index contributed by atoms with van der Waals surface area (Å²) >= 11 is 0. The first-order valence-electron chi connectivity index (χ1n) is 5.51. The van der Waals surface area contributed by atoms with Gasteiger partial charge in [0.2, 0.25) is 0 Å². The van der Waals surface area contributed by atoms with Crippen LogP contribution in [0.1, 0.15) is 28.7 Å². The average Bonchev–Trinajstić information content (AvgIpc) is 2.77. The third-order valence-electron chi connectivity index (χ3n) is 2.83. The van der Waals surface area contributed by atoms with Gasteiger partial charge in [0, 0.05) is 5.56 Å². The van der Waals surface area contributed by atoms with E-state index < -0.39 is 17.7 Å². The molecule has 0 fully saturated rings. The average molecular weight is 252 g/mol. The van der Waals surface area contributed by atoms with Crippen LogP contribution in [0.5, 0.6) is 0 Å². The number of rotatable bonds is 3. The van der Waals surface area contributed by atoms with Crippen LogP contribution in [0.25, 0.3) is 0 Å². The minimum Gasteiger partial charge on any atom is -0.464 e. The van der Waals surface area contributed by atoms with E-state index in [2.05, 4.69) is 5.43 Å². The van der Waals surface area contributed by atoms with Crippen molar-refractivity contribution < 1.29 is 13.2 Å². The standard InChI is InChI=1S/C13H14F2N2O/c1-7-3-5-9(12(15)11(7)14)13(17-16)10-6-4-8(2)18-10/h3-6,13,17H,16H2,1-2H3. The predicted octanol–water partition coefficient (Wildman–Crippen LogP) is 2.73. The summed E-state index contributed by atoms with van der Waals surface area (Å²) in [6.45, 7) is 3.27. The monoisotopic (exact) mass is 252 g/mol. The lowest BCUT2D eigenvalue weighted by Gasteiger charge is -2.15. The van der Waals surface area contributed by atoms with Gasteiger partial charge in [0.05, 0.1) is 0 Å². The molecule has 0 aliphatic carbocycles. The van der Waals surface area contributed by atoms with E-state index in [0.29, 0.717) is 11.5 Å². The summed E-state index contributed by atoms with van der Waals surface area (Å²) in [6.07, 6.45) is 0. The second-order valence-electron chi connectivity index (χ2n) is 4.15. The Morgan fingerprint density at radius 2 is 1.83 bits per heavy atom. The lowest BCUT2D eigenvalue weighted by molar-refractivity contribution is 0.417. The molecule has 2 aromatic rings. The first-order valence-corrected chi connectivity index (χ1v) is 5.51. The lowest BCUT2D eigenvalue weighted by Crippen LogP contribution is -2.29. The molecule has 0 saturated heterocycles. The Morgan fingerprint density at radius 1 is 1.11 bits per heavy atom. The smallest absolute Gasteiger partial charge is 0.164 e. The van der Waals surface area contributed by atoms with Gasteiger partial charge in [-0.05, 0) is 31.5 Å². The van der Waals surface area contributed by atoms with Crippen molar-refractivity contribution in [3.63, 3.8) is 0 Å². The Kier molecular flexibility index (Phi) is 3.45. The van der Waals surface area contributed by atoms with Gasteiger partial charge in [-0.15, -0.1) is 0 Å². The fourth-order valence-electron chi connectivity index (χ4n) is 1.82. The summed E-state index contributed by atoms with van der Waals surface area (Å²) < 4.78 is 32.8.